The van der Waals surface area contributed by atoms with E-state index in [0.29, 0.717) is 37.5 Å². The first-order valence-electron chi connectivity index (χ1n) is 11.5. The molecule has 0 spiro atoms. The van der Waals surface area contributed by atoms with Gasteiger partial charge in [-0.15, -0.1) is 0 Å². The first kappa shape index (κ1) is 23.1. The molecule has 1 amide bonds. The number of oxime groups is 1. The van der Waals surface area contributed by atoms with Gasteiger partial charge >= 0.3 is 0 Å². The zero-order valence-corrected chi connectivity index (χ0v) is 19.0. The van der Waals surface area contributed by atoms with Crippen LogP contribution >= 0.6 is 0 Å². The van der Waals surface area contributed by atoms with Gasteiger partial charge in [0.25, 0.3) is 0 Å². The van der Waals surface area contributed by atoms with Gasteiger partial charge in [0.2, 0.25) is 5.91 Å². The number of halogens is 1. The summed E-state index contributed by atoms with van der Waals surface area (Å²) in [6, 6.07) is 6.82. The molecular formula is C24H31FN6O2. The Bertz CT molecular complexity index is 984. The van der Waals surface area contributed by atoms with Crippen molar-refractivity contribution in [2.75, 3.05) is 39.0 Å². The minimum Gasteiger partial charge on any atom is -0.399 e. The van der Waals surface area contributed by atoms with Crippen LogP contribution in [0.15, 0.2) is 41.8 Å². The van der Waals surface area contributed by atoms with Crippen molar-refractivity contribution in [2.24, 2.45) is 17.0 Å². The Hall–Kier alpha value is -3.07. The summed E-state index contributed by atoms with van der Waals surface area (Å²) in [4.78, 5) is 30.6. The number of aromatic nitrogens is 2. The number of anilines is 1. The SMILES string of the molecule is CO/N=C(\c1ncccc1F)C1CCN(C(=O)C2CCN(Cc3ccnc(N)c3)CC2)CC1. The summed E-state index contributed by atoms with van der Waals surface area (Å²) in [5.41, 5.74) is 7.67. The number of carbonyl (C=O) groups excluding carboxylic acids is 1. The number of nitrogens with two attached hydrogens (primary N) is 1. The summed E-state index contributed by atoms with van der Waals surface area (Å²) >= 11 is 0. The molecule has 0 atom stereocenters. The molecule has 0 aromatic carbocycles. The van der Waals surface area contributed by atoms with E-state index in [2.05, 4.69) is 20.0 Å². The summed E-state index contributed by atoms with van der Waals surface area (Å²) in [5, 5.41) is 4.08. The number of piperidine rings is 2. The van der Waals surface area contributed by atoms with E-state index in [1.54, 1.807) is 18.5 Å². The molecule has 0 radical (unpaired) electrons. The lowest BCUT2D eigenvalue weighted by Crippen LogP contribution is -2.46. The fourth-order valence-electron chi connectivity index (χ4n) is 4.80. The normalized spacial score (nSPS) is 19.0. The van der Waals surface area contributed by atoms with Crippen LogP contribution in [-0.4, -0.2) is 64.7 Å². The van der Waals surface area contributed by atoms with Crippen molar-refractivity contribution in [3.05, 3.63) is 53.7 Å². The van der Waals surface area contributed by atoms with Gasteiger partial charge in [0.15, 0.2) is 5.82 Å². The van der Waals surface area contributed by atoms with Crippen molar-refractivity contribution in [2.45, 2.75) is 32.2 Å². The van der Waals surface area contributed by atoms with Gasteiger partial charge in [-0.3, -0.25) is 14.7 Å². The predicted octanol–water partition coefficient (Wildman–Crippen LogP) is 2.70. The number of rotatable bonds is 6. The second-order valence-corrected chi connectivity index (χ2v) is 8.73. The van der Waals surface area contributed by atoms with Crippen LogP contribution in [0.2, 0.25) is 0 Å². The highest BCUT2D eigenvalue weighted by Crippen LogP contribution is 2.27. The lowest BCUT2D eigenvalue weighted by atomic mass is 9.88. The minimum absolute atomic E-state index is 0.00745. The van der Waals surface area contributed by atoms with Crippen molar-refractivity contribution >= 4 is 17.4 Å². The van der Waals surface area contributed by atoms with E-state index in [1.807, 2.05) is 17.0 Å². The summed E-state index contributed by atoms with van der Waals surface area (Å²) in [6.07, 6.45) is 6.43. The molecular weight excluding hydrogens is 423 g/mol. The van der Waals surface area contributed by atoms with Gasteiger partial charge in [-0.1, -0.05) is 5.16 Å². The average Bonchev–Trinajstić information content (AvgIpc) is 2.83. The van der Waals surface area contributed by atoms with Gasteiger partial charge in [-0.25, -0.2) is 9.37 Å². The molecule has 33 heavy (non-hydrogen) atoms. The van der Waals surface area contributed by atoms with Crippen molar-refractivity contribution in [3.63, 3.8) is 0 Å². The third-order valence-corrected chi connectivity index (χ3v) is 6.57. The number of carbonyl (C=O) groups is 1. The van der Waals surface area contributed by atoms with E-state index < -0.39 is 5.82 Å². The molecule has 176 valence electrons. The second-order valence-electron chi connectivity index (χ2n) is 8.73. The quantitative estimate of drug-likeness (QED) is 0.533. The van der Waals surface area contributed by atoms with Gasteiger partial charge in [0, 0.05) is 43.9 Å². The maximum Gasteiger partial charge on any atom is 0.225 e. The molecule has 2 aliphatic rings. The molecule has 2 saturated heterocycles. The first-order chi connectivity index (χ1) is 16.0. The highest BCUT2D eigenvalue weighted by molar-refractivity contribution is 6.00. The van der Waals surface area contributed by atoms with Gasteiger partial charge in [0.1, 0.15) is 24.3 Å². The Morgan fingerprint density at radius 1 is 1.12 bits per heavy atom. The maximum atomic E-state index is 14.3. The van der Waals surface area contributed by atoms with Crippen LogP contribution in [0.4, 0.5) is 10.2 Å². The molecule has 2 aromatic heterocycles. The van der Waals surface area contributed by atoms with Crippen LogP contribution in [0.1, 0.15) is 36.9 Å². The summed E-state index contributed by atoms with van der Waals surface area (Å²) < 4.78 is 14.3. The van der Waals surface area contributed by atoms with Gasteiger partial charge < -0.3 is 15.5 Å². The largest absolute Gasteiger partial charge is 0.399 e. The molecule has 2 N–H and O–H groups in total. The molecule has 2 aromatic rings. The molecule has 2 aliphatic heterocycles. The Kier molecular flexibility index (Phi) is 7.49. The summed E-state index contributed by atoms with van der Waals surface area (Å²) in [7, 11) is 1.45. The van der Waals surface area contributed by atoms with E-state index in [-0.39, 0.29) is 23.4 Å². The van der Waals surface area contributed by atoms with E-state index in [9.17, 15) is 9.18 Å². The topological polar surface area (TPSA) is 96.9 Å². The van der Waals surface area contributed by atoms with Crippen molar-refractivity contribution in [3.8, 4) is 0 Å². The summed E-state index contributed by atoms with van der Waals surface area (Å²) in [6.45, 7) is 3.87. The molecule has 0 unspecified atom stereocenters. The molecule has 4 heterocycles. The van der Waals surface area contributed by atoms with Crippen LogP contribution in [0, 0.1) is 17.7 Å². The van der Waals surface area contributed by atoms with E-state index in [4.69, 9.17) is 10.6 Å². The van der Waals surface area contributed by atoms with E-state index >= 15 is 0 Å². The Morgan fingerprint density at radius 3 is 2.52 bits per heavy atom. The van der Waals surface area contributed by atoms with Crippen LogP contribution < -0.4 is 5.73 Å². The Labute approximate surface area is 193 Å². The fraction of sp³-hybridized carbons (Fsp3) is 0.500. The Morgan fingerprint density at radius 2 is 1.85 bits per heavy atom. The monoisotopic (exact) mass is 454 g/mol. The minimum atomic E-state index is -0.409. The molecule has 0 aliphatic carbocycles. The molecule has 2 fully saturated rings. The number of nitrogen functional groups attached to an aromatic ring is 1. The molecule has 0 bridgehead atoms. The zero-order valence-electron chi connectivity index (χ0n) is 19.0. The van der Waals surface area contributed by atoms with Gasteiger partial charge in [-0.05, 0) is 68.6 Å². The average molecular weight is 455 g/mol. The van der Waals surface area contributed by atoms with Gasteiger partial charge in [-0.2, -0.15) is 0 Å². The number of likely N-dealkylation sites (tertiary alicyclic amines) is 2. The van der Waals surface area contributed by atoms with Crippen LogP contribution in [-0.2, 0) is 16.2 Å². The molecule has 4 rings (SSSR count). The van der Waals surface area contributed by atoms with E-state index in [0.717, 1.165) is 38.0 Å². The molecule has 0 saturated carbocycles. The molecule has 9 heteroatoms. The third-order valence-electron chi connectivity index (χ3n) is 6.57. The lowest BCUT2D eigenvalue weighted by Gasteiger charge is -2.37. The van der Waals surface area contributed by atoms with Gasteiger partial charge in [0.05, 0.1) is 0 Å². The van der Waals surface area contributed by atoms with Crippen LogP contribution in [0.3, 0.4) is 0 Å². The van der Waals surface area contributed by atoms with Crippen LogP contribution in [0.5, 0.6) is 0 Å². The number of nitrogens with zero attached hydrogens (tertiary/aromatic N) is 5. The highest BCUT2D eigenvalue weighted by Gasteiger charge is 2.33. The zero-order chi connectivity index (χ0) is 23.2. The first-order valence-corrected chi connectivity index (χ1v) is 11.5. The fourth-order valence-corrected chi connectivity index (χ4v) is 4.80. The second kappa shape index (κ2) is 10.7. The van der Waals surface area contributed by atoms with Crippen molar-refractivity contribution < 1.29 is 14.0 Å². The lowest BCUT2D eigenvalue weighted by molar-refractivity contribution is -0.138. The number of hydrogen-bond acceptors (Lipinski definition) is 7. The standard InChI is InChI=1S/C24H31FN6O2/c1-33-29-22(23-20(25)3-2-9-28-23)18-7-13-31(14-8-18)24(32)19-5-11-30(12-6-19)16-17-4-10-27-21(26)15-17/h2-4,9-10,15,18-19H,5-8,11-14,16H2,1H3,(H2,26,27)/b29-22-. The smallest absolute Gasteiger partial charge is 0.225 e. The molecule has 8 nitrogen and oxygen atoms in total. The number of pyridine rings is 2. The Balaban J connectivity index is 1.29. The highest BCUT2D eigenvalue weighted by atomic mass is 19.1. The number of amides is 1. The third kappa shape index (κ3) is 5.65. The number of hydrogen-bond donors (Lipinski definition) is 1. The predicted molar refractivity (Wildman–Crippen MR) is 124 cm³/mol. The summed E-state index contributed by atoms with van der Waals surface area (Å²) in [5.74, 6) is 0.419. The van der Waals surface area contributed by atoms with Crippen molar-refractivity contribution in [1.82, 2.24) is 19.8 Å². The van der Waals surface area contributed by atoms with E-state index in [1.165, 1.54) is 13.2 Å². The maximum absolute atomic E-state index is 14.3. The van der Waals surface area contributed by atoms with Crippen LogP contribution in [0.25, 0.3) is 0 Å². The van der Waals surface area contributed by atoms with Crippen molar-refractivity contribution in [1.29, 1.82) is 0 Å².